The van der Waals surface area contributed by atoms with Gasteiger partial charge in [0.1, 0.15) is 7.57 Å². The third-order valence-corrected chi connectivity index (χ3v) is 8.77. The van der Waals surface area contributed by atoms with Gasteiger partial charge in [0.2, 0.25) is 45.2 Å². The third kappa shape index (κ3) is 19.8. The van der Waals surface area contributed by atoms with E-state index in [1.165, 1.54) is 21.7 Å². The minimum absolute atomic E-state index is 0.0602. The van der Waals surface area contributed by atoms with Gasteiger partial charge in [-0.3, -0.25) is 43.5 Å². The van der Waals surface area contributed by atoms with E-state index in [-0.39, 0.29) is 66.6 Å². The molecule has 204 valence electrons. The minimum atomic E-state index is -0.158. The van der Waals surface area contributed by atoms with Crippen LogP contribution in [-0.2, 0) is 28.8 Å². The van der Waals surface area contributed by atoms with E-state index >= 15 is 0 Å². The van der Waals surface area contributed by atoms with E-state index in [0.29, 0.717) is 32.4 Å². The van der Waals surface area contributed by atoms with Gasteiger partial charge in [-0.05, 0) is 13.1 Å². The van der Waals surface area contributed by atoms with Gasteiger partial charge >= 0.3 is 0 Å². The van der Waals surface area contributed by atoms with Crippen LogP contribution in [0.1, 0.15) is 44.9 Å². The number of halogens is 3. The normalized spacial score (nSPS) is 17.8. The molecule has 3 rings (SSSR count). The number of rotatable bonds is 6. The van der Waals surface area contributed by atoms with E-state index in [0.717, 1.165) is 16.9 Å². The zero-order valence-corrected chi connectivity index (χ0v) is 30.8. The summed E-state index contributed by atoms with van der Waals surface area (Å²) in [7, 11) is 8.68. The Balaban J connectivity index is 0. The van der Waals surface area contributed by atoms with Crippen molar-refractivity contribution in [1.82, 2.24) is 14.7 Å². The first-order valence-corrected chi connectivity index (χ1v) is 21.4. The Morgan fingerprint density at radius 1 is 0.730 bits per heavy atom. The van der Waals surface area contributed by atoms with Crippen LogP contribution < -0.4 is 0 Å². The lowest BCUT2D eigenvalue weighted by Gasteiger charge is -2.17. The van der Waals surface area contributed by atoms with Crippen molar-refractivity contribution in [2.45, 2.75) is 44.9 Å². The van der Waals surface area contributed by atoms with Gasteiger partial charge in [0.25, 0.3) is 0 Å². The molecule has 3 fully saturated rings. The van der Waals surface area contributed by atoms with Crippen LogP contribution in [0.15, 0.2) is 0 Å². The van der Waals surface area contributed by atoms with Gasteiger partial charge in [0.05, 0.1) is 0 Å². The third-order valence-electron chi connectivity index (χ3n) is 4.59. The van der Waals surface area contributed by atoms with Crippen LogP contribution in [0.2, 0.25) is 0 Å². The Morgan fingerprint density at radius 2 is 0.946 bits per heavy atom. The summed E-state index contributed by atoms with van der Waals surface area (Å²) in [6, 6.07) is 0. The first-order chi connectivity index (χ1) is 17.4. The Kier molecular flexibility index (Phi) is 27.0. The van der Waals surface area contributed by atoms with Crippen molar-refractivity contribution in [3.05, 3.63) is 0 Å². The lowest BCUT2D eigenvalue weighted by atomic mass is 10.3. The van der Waals surface area contributed by atoms with Crippen molar-refractivity contribution in [3.63, 3.8) is 0 Å². The van der Waals surface area contributed by atoms with Crippen molar-refractivity contribution in [3.8, 4) is 0 Å². The summed E-state index contributed by atoms with van der Waals surface area (Å²) in [6.45, 7) is 6.89. The van der Waals surface area contributed by atoms with Crippen LogP contribution in [0.5, 0.6) is 0 Å². The van der Waals surface area contributed by atoms with E-state index in [9.17, 15) is 28.8 Å². The van der Waals surface area contributed by atoms with Crippen molar-refractivity contribution in [2.24, 2.45) is 0 Å². The summed E-state index contributed by atoms with van der Waals surface area (Å²) in [4.78, 5) is 74.0. The molecule has 0 saturated carbocycles. The highest BCUT2D eigenvalue weighted by molar-refractivity contribution is 14.2. The predicted molar refractivity (Wildman–Crippen MR) is 184 cm³/mol. The number of carbonyl (C=O) groups is 6. The Morgan fingerprint density at radius 3 is 1.11 bits per heavy atom. The number of nitrogens with zero attached hydrogens (tertiary/aromatic N) is 3. The average Bonchev–Trinajstić information content (AvgIpc) is 3.47. The molecule has 0 aliphatic carbocycles. The molecule has 3 aliphatic rings. The summed E-state index contributed by atoms with van der Waals surface area (Å²) >= 11 is 6.66. The van der Waals surface area contributed by atoms with Gasteiger partial charge in [-0.2, -0.15) is 61.7 Å². The highest BCUT2D eigenvalue weighted by atomic mass is 127. The van der Waals surface area contributed by atoms with Crippen molar-refractivity contribution >= 4 is 142 Å². The van der Waals surface area contributed by atoms with Crippen molar-refractivity contribution in [1.29, 1.82) is 0 Å². The summed E-state index contributed by atoms with van der Waals surface area (Å²) in [5.74, 6) is -0.753. The fourth-order valence-corrected chi connectivity index (χ4v) is 2.82. The molecule has 9 nitrogen and oxygen atoms in total. The van der Waals surface area contributed by atoms with Gasteiger partial charge < -0.3 is 0 Å². The first-order valence-electron chi connectivity index (χ1n) is 11.2. The molecule has 3 unspecified atom stereocenters. The summed E-state index contributed by atoms with van der Waals surface area (Å²) in [5, 5.41) is 0. The molecule has 0 bridgehead atoms. The van der Waals surface area contributed by atoms with E-state index in [1.54, 1.807) is 0 Å². The average molecular weight is 905 g/mol. The molecule has 3 heterocycles. The van der Waals surface area contributed by atoms with Gasteiger partial charge in [0, 0.05) is 58.7 Å². The lowest BCUT2D eigenvalue weighted by molar-refractivity contribution is -0.140. The maximum Gasteiger partial charge on any atom is 0.229 e. The number of likely N-dealkylation sites (tertiary alicyclic amines) is 3. The van der Waals surface area contributed by atoms with Crippen molar-refractivity contribution in [2.75, 3.05) is 40.1 Å². The Labute approximate surface area is 267 Å². The molecule has 0 aromatic carbocycles. The fourth-order valence-electron chi connectivity index (χ4n) is 2.82. The molecule has 37 heavy (non-hydrogen) atoms. The number of imide groups is 3. The monoisotopic (exact) mass is 905 g/mol. The zero-order valence-electron chi connectivity index (χ0n) is 21.5. The fraction of sp³-hybridized carbons (Fsp3) is 0.684. The van der Waals surface area contributed by atoms with Gasteiger partial charge in [-0.25, -0.2) is 0 Å². The van der Waals surface area contributed by atoms with E-state index < -0.39 is 0 Å². The molecule has 0 aromatic rings. The quantitative estimate of drug-likeness (QED) is 0.175. The maximum atomic E-state index is 11.3. The summed E-state index contributed by atoms with van der Waals surface area (Å²) < 4.78 is 0. The van der Waals surface area contributed by atoms with Gasteiger partial charge in [0.15, 0.2) is 0 Å². The summed E-state index contributed by atoms with van der Waals surface area (Å²) in [5.41, 5.74) is -0.150. The van der Waals surface area contributed by atoms with Crippen molar-refractivity contribution < 1.29 is 28.8 Å². The molecule has 4 radical (unpaired) electrons. The molecule has 3 atom stereocenters. The van der Waals surface area contributed by atoms with Crippen LogP contribution in [0.4, 0.5) is 0 Å². The molecule has 3 aliphatic heterocycles. The molecule has 3 saturated heterocycles. The smallest absolute Gasteiger partial charge is 0.229 e. The second kappa shape index (κ2) is 24.9. The molecule has 0 N–H and O–H groups in total. The SMILES string of the molecule is CN1C(=O)CCC1=O.CP[B]I.CP[B]I.O=C1CCC(=O)N1CCCN1C(=O)CCC1=O.[B]P(C)I. The largest absolute Gasteiger partial charge is 0.286 e. The van der Waals surface area contributed by atoms with Crippen LogP contribution in [0, 0.1) is 0 Å². The highest BCUT2D eigenvalue weighted by Gasteiger charge is 2.31. The van der Waals surface area contributed by atoms with Crippen LogP contribution >= 0.6 is 89.2 Å². The van der Waals surface area contributed by atoms with E-state index in [2.05, 4.69) is 89.8 Å². The van der Waals surface area contributed by atoms with Crippen LogP contribution in [0.3, 0.4) is 0 Å². The number of hydrogen-bond donors (Lipinski definition) is 0. The summed E-state index contributed by atoms with van der Waals surface area (Å²) in [6.07, 6.45) is 2.38. The second-order valence-electron chi connectivity index (χ2n) is 7.40. The molecule has 6 amide bonds. The molecule has 18 heteroatoms. The molecular formula is C19H32B3I3N3O6P3. The Hall–Kier alpha value is 1.09. The Bertz CT molecular complexity index is 680. The number of hydrogen-bond acceptors (Lipinski definition) is 6. The van der Waals surface area contributed by atoms with Gasteiger partial charge in [-0.15, -0.1) is 0 Å². The first kappa shape index (κ1) is 40.2. The zero-order chi connectivity index (χ0) is 29.0. The molecule has 0 spiro atoms. The van der Waals surface area contributed by atoms with E-state index in [4.69, 9.17) is 7.57 Å². The minimum Gasteiger partial charge on any atom is -0.286 e. The number of carbonyl (C=O) groups excluding carboxylic acids is 6. The molecular weight excluding hydrogens is 872 g/mol. The number of amides is 6. The lowest BCUT2D eigenvalue weighted by Crippen LogP contribution is -2.35. The standard InChI is InChI=1S/C11H14N2O4.C5H7NO2.CH3BIP.2CH4BIP/c14-8-2-3-9(15)12(8)6-1-7-13-10(16)4-5-11(13)17;1-6-4(7)2-3-5(6)8;1-4(2)3;2*1-4-2-3/h1-7H2;2-3H2,1H3;1H3;2*4H,1H3. The highest BCUT2D eigenvalue weighted by Crippen LogP contribution is 2.32. The topological polar surface area (TPSA) is 112 Å². The van der Waals surface area contributed by atoms with Gasteiger partial charge in [-0.1, -0.05) is 40.8 Å². The second-order valence-corrected chi connectivity index (χ2v) is 18.3. The molecule has 0 aromatic heterocycles. The van der Waals surface area contributed by atoms with Crippen LogP contribution in [-0.4, -0.2) is 108 Å². The van der Waals surface area contributed by atoms with Crippen LogP contribution in [0.25, 0.3) is 0 Å². The van der Waals surface area contributed by atoms with E-state index in [1.807, 2.05) is 6.66 Å². The predicted octanol–water partition coefficient (Wildman–Crippen LogP) is 3.50. The maximum absolute atomic E-state index is 11.3.